The van der Waals surface area contributed by atoms with Crippen molar-refractivity contribution < 1.29 is 34.5 Å². The molecule has 9 nitrogen and oxygen atoms in total. The Balaban J connectivity index is 2.16. The zero-order chi connectivity index (χ0) is 18.0. The minimum atomic E-state index is -1.34. The van der Waals surface area contributed by atoms with Gasteiger partial charge in [-0.1, -0.05) is 0 Å². The average Bonchev–Trinajstić information content (AvgIpc) is 2.78. The number of benzene rings is 1. The molecule has 1 aliphatic heterocycles. The molecule has 1 aliphatic rings. The van der Waals surface area contributed by atoms with Gasteiger partial charge < -0.3 is 21.1 Å². The number of aromatic hydroxyl groups is 1. The standard InChI is InChI=1S/C14H14N2O7S/c15-8(14(22)23)5-24-10-4-11(18)16(12(10)19)6-1-2-7(13(20)21)9(17)3-6/h1-3,8,10,17H,4-5,15H2,(H,20,21)(H,22,23). The van der Waals surface area contributed by atoms with E-state index in [1.807, 2.05) is 0 Å². The average molecular weight is 354 g/mol. The summed E-state index contributed by atoms with van der Waals surface area (Å²) < 4.78 is 0. The van der Waals surface area contributed by atoms with E-state index in [0.29, 0.717) is 0 Å². The minimum absolute atomic E-state index is 0.0317. The van der Waals surface area contributed by atoms with Crippen LogP contribution in [0, 0.1) is 0 Å². The van der Waals surface area contributed by atoms with Crippen molar-refractivity contribution in [2.24, 2.45) is 5.73 Å². The molecule has 128 valence electrons. The summed E-state index contributed by atoms with van der Waals surface area (Å²) in [5, 5.41) is 26.5. The molecule has 5 N–H and O–H groups in total. The zero-order valence-corrected chi connectivity index (χ0v) is 13.0. The predicted octanol–water partition coefficient (Wildman–Crippen LogP) is -0.133. The summed E-state index contributed by atoms with van der Waals surface area (Å²) in [6, 6.07) is 2.21. The van der Waals surface area contributed by atoms with Crippen molar-refractivity contribution in [1.29, 1.82) is 0 Å². The number of nitrogens with zero attached hydrogens (tertiary/aromatic N) is 1. The fourth-order valence-corrected chi connectivity index (χ4v) is 3.23. The fourth-order valence-electron chi connectivity index (χ4n) is 2.14. The molecule has 1 heterocycles. The van der Waals surface area contributed by atoms with E-state index in [0.717, 1.165) is 28.8 Å². The summed E-state index contributed by atoms with van der Waals surface area (Å²) in [4.78, 5) is 46.8. The number of hydrogen-bond acceptors (Lipinski definition) is 7. The molecule has 0 aromatic heterocycles. The normalized spacial score (nSPS) is 18.7. The number of rotatable bonds is 6. The Hall–Kier alpha value is -2.59. The fraction of sp³-hybridized carbons (Fsp3) is 0.286. The highest BCUT2D eigenvalue weighted by Gasteiger charge is 2.40. The van der Waals surface area contributed by atoms with Gasteiger partial charge >= 0.3 is 11.9 Å². The Morgan fingerprint density at radius 3 is 2.54 bits per heavy atom. The maximum absolute atomic E-state index is 12.3. The van der Waals surface area contributed by atoms with Gasteiger partial charge in [0.1, 0.15) is 17.4 Å². The highest BCUT2D eigenvalue weighted by Crippen LogP contribution is 2.32. The highest BCUT2D eigenvalue weighted by atomic mass is 32.2. The van der Waals surface area contributed by atoms with Crippen LogP contribution in [0.4, 0.5) is 5.69 Å². The summed E-state index contributed by atoms with van der Waals surface area (Å²) in [5.41, 5.74) is 5.07. The molecular formula is C14H14N2O7S. The first kappa shape index (κ1) is 17.8. The van der Waals surface area contributed by atoms with E-state index in [1.54, 1.807) is 0 Å². The van der Waals surface area contributed by atoms with Gasteiger partial charge in [-0.15, -0.1) is 11.8 Å². The van der Waals surface area contributed by atoms with Crippen molar-refractivity contribution in [3.63, 3.8) is 0 Å². The molecule has 1 aromatic carbocycles. The lowest BCUT2D eigenvalue weighted by atomic mass is 10.1. The summed E-state index contributed by atoms with van der Waals surface area (Å²) in [6.45, 7) is 0. The molecule has 0 saturated carbocycles. The molecule has 0 radical (unpaired) electrons. The van der Waals surface area contributed by atoms with Crippen LogP contribution in [0.15, 0.2) is 18.2 Å². The SMILES string of the molecule is NC(CSC1CC(=O)N(c2ccc(C(=O)O)c(O)c2)C1=O)C(=O)O. The number of hydrogen-bond donors (Lipinski definition) is 4. The number of carbonyl (C=O) groups excluding carboxylic acids is 2. The number of amides is 2. The number of imide groups is 1. The first-order valence-corrected chi connectivity index (χ1v) is 7.80. The maximum Gasteiger partial charge on any atom is 0.339 e. The van der Waals surface area contributed by atoms with Gasteiger partial charge in [0.05, 0.1) is 10.9 Å². The summed E-state index contributed by atoms with van der Waals surface area (Å²) in [6.07, 6.45) is -0.128. The van der Waals surface area contributed by atoms with E-state index in [-0.39, 0.29) is 23.4 Å². The van der Waals surface area contributed by atoms with Crippen LogP contribution in [0.5, 0.6) is 5.75 Å². The van der Waals surface area contributed by atoms with Gasteiger partial charge in [0, 0.05) is 18.2 Å². The number of carboxylic acid groups (broad SMARTS) is 2. The number of phenols is 1. The first-order chi connectivity index (χ1) is 11.2. The summed E-state index contributed by atoms with van der Waals surface area (Å²) in [5.74, 6) is -4.23. The van der Waals surface area contributed by atoms with Crippen molar-refractivity contribution in [2.75, 3.05) is 10.7 Å². The van der Waals surface area contributed by atoms with Crippen LogP contribution in [-0.2, 0) is 14.4 Å². The van der Waals surface area contributed by atoms with E-state index in [9.17, 15) is 24.3 Å². The van der Waals surface area contributed by atoms with Crippen molar-refractivity contribution in [3.8, 4) is 5.75 Å². The van der Waals surface area contributed by atoms with Crippen LogP contribution in [0.3, 0.4) is 0 Å². The Bertz CT molecular complexity index is 721. The van der Waals surface area contributed by atoms with Gasteiger partial charge in [-0.05, 0) is 12.1 Å². The quantitative estimate of drug-likeness (QED) is 0.510. The van der Waals surface area contributed by atoms with E-state index in [1.165, 1.54) is 6.07 Å². The monoisotopic (exact) mass is 354 g/mol. The number of anilines is 1. The van der Waals surface area contributed by atoms with Crippen LogP contribution in [0.1, 0.15) is 16.8 Å². The first-order valence-electron chi connectivity index (χ1n) is 6.75. The Kier molecular flexibility index (Phi) is 5.10. The molecule has 10 heteroatoms. The van der Waals surface area contributed by atoms with Gasteiger partial charge in [-0.3, -0.25) is 14.4 Å². The lowest BCUT2D eigenvalue weighted by molar-refractivity contribution is -0.138. The second-order valence-corrected chi connectivity index (χ2v) is 6.28. The molecule has 1 fully saturated rings. The van der Waals surface area contributed by atoms with Crippen molar-refractivity contribution in [2.45, 2.75) is 17.7 Å². The summed E-state index contributed by atoms with van der Waals surface area (Å²) >= 11 is 0.968. The highest BCUT2D eigenvalue weighted by molar-refractivity contribution is 8.00. The molecule has 2 atom stereocenters. The van der Waals surface area contributed by atoms with Gasteiger partial charge in [0.15, 0.2) is 0 Å². The van der Waals surface area contributed by atoms with Gasteiger partial charge in [0.25, 0.3) is 0 Å². The number of carbonyl (C=O) groups is 4. The van der Waals surface area contributed by atoms with Gasteiger partial charge in [-0.25, -0.2) is 9.69 Å². The third kappa shape index (κ3) is 3.49. The lowest BCUT2D eigenvalue weighted by Crippen LogP contribution is -2.35. The van der Waals surface area contributed by atoms with Crippen molar-refractivity contribution in [3.05, 3.63) is 23.8 Å². The van der Waals surface area contributed by atoms with E-state index < -0.39 is 40.8 Å². The van der Waals surface area contributed by atoms with Crippen LogP contribution < -0.4 is 10.6 Å². The van der Waals surface area contributed by atoms with Crippen molar-refractivity contribution in [1.82, 2.24) is 0 Å². The van der Waals surface area contributed by atoms with Gasteiger partial charge in [0.2, 0.25) is 11.8 Å². The van der Waals surface area contributed by atoms with E-state index in [4.69, 9.17) is 15.9 Å². The van der Waals surface area contributed by atoms with Crippen LogP contribution in [0.25, 0.3) is 0 Å². The van der Waals surface area contributed by atoms with Gasteiger partial charge in [-0.2, -0.15) is 0 Å². The summed E-state index contributed by atoms with van der Waals surface area (Å²) in [7, 11) is 0. The largest absolute Gasteiger partial charge is 0.507 e. The molecular weight excluding hydrogens is 340 g/mol. The number of nitrogens with two attached hydrogens (primary N) is 1. The third-order valence-electron chi connectivity index (χ3n) is 3.37. The maximum atomic E-state index is 12.3. The lowest BCUT2D eigenvalue weighted by Gasteiger charge is -2.16. The second-order valence-electron chi connectivity index (χ2n) is 5.04. The predicted molar refractivity (Wildman–Crippen MR) is 84.0 cm³/mol. The van der Waals surface area contributed by atoms with Crippen LogP contribution in [0.2, 0.25) is 0 Å². The van der Waals surface area contributed by atoms with Crippen LogP contribution >= 0.6 is 11.8 Å². The third-order valence-corrected chi connectivity index (χ3v) is 4.69. The Labute approximate surface area is 140 Å². The topological polar surface area (TPSA) is 158 Å². The molecule has 2 amide bonds. The zero-order valence-electron chi connectivity index (χ0n) is 12.2. The molecule has 2 unspecified atom stereocenters. The van der Waals surface area contributed by atoms with Crippen LogP contribution in [-0.4, -0.2) is 56.1 Å². The smallest absolute Gasteiger partial charge is 0.339 e. The molecule has 24 heavy (non-hydrogen) atoms. The molecule has 2 rings (SSSR count). The number of carboxylic acids is 2. The van der Waals surface area contributed by atoms with E-state index in [2.05, 4.69) is 0 Å². The number of aromatic carboxylic acids is 1. The Morgan fingerprint density at radius 1 is 1.33 bits per heavy atom. The molecule has 0 spiro atoms. The molecule has 1 saturated heterocycles. The minimum Gasteiger partial charge on any atom is -0.507 e. The Morgan fingerprint density at radius 2 is 2.00 bits per heavy atom. The molecule has 0 aliphatic carbocycles. The molecule has 1 aromatic rings. The second kappa shape index (κ2) is 6.89. The van der Waals surface area contributed by atoms with E-state index >= 15 is 0 Å². The number of thioether (sulfide) groups is 1. The number of aliphatic carboxylic acids is 1. The van der Waals surface area contributed by atoms with Crippen molar-refractivity contribution >= 4 is 41.2 Å². The molecule has 0 bridgehead atoms.